The number of nitrogens with zero attached hydrogens (tertiary/aromatic N) is 5. The first kappa shape index (κ1) is 17.2. The third-order valence-electron chi connectivity index (χ3n) is 4.74. The molecule has 0 saturated carbocycles. The predicted molar refractivity (Wildman–Crippen MR) is 96.7 cm³/mol. The fourth-order valence-corrected chi connectivity index (χ4v) is 3.22. The Kier molecular flexibility index (Phi) is 5.38. The van der Waals surface area contributed by atoms with E-state index in [2.05, 4.69) is 25.1 Å². The summed E-state index contributed by atoms with van der Waals surface area (Å²) < 4.78 is 0. The molecule has 2 fully saturated rings. The molecule has 134 valence electrons. The van der Waals surface area contributed by atoms with E-state index in [-0.39, 0.29) is 6.61 Å². The van der Waals surface area contributed by atoms with E-state index in [0.29, 0.717) is 5.95 Å². The highest BCUT2D eigenvalue weighted by Crippen LogP contribution is 2.23. The highest BCUT2D eigenvalue weighted by molar-refractivity contribution is 5.46. The molecular weight excluding hydrogens is 304 g/mol. The molecule has 7 nitrogen and oxygen atoms in total. The smallest absolute Gasteiger partial charge is 0.231 e. The van der Waals surface area contributed by atoms with Crippen LogP contribution in [0.4, 0.5) is 17.8 Å². The lowest BCUT2D eigenvalue weighted by Crippen LogP contribution is -2.38. The van der Waals surface area contributed by atoms with Crippen molar-refractivity contribution < 1.29 is 5.11 Å². The van der Waals surface area contributed by atoms with Gasteiger partial charge < -0.3 is 20.2 Å². The molecule has 2 aliphatic rings. The Hall–Kier alpha value is -1.63. The van der Waals surface area contributed by atoms with Crippen LogP contribution in [0, 0.1) is 0 Å². The van der Waals surface area contributed by atoms with E-state index in [1.165, 1.54) is 38.5 Å². The maximum Gasteiger partial charge on any atom is 0.231 e. The number of aliphatic hydroxyl groups is 1. The molecule has 0 aliphatic carbocycles. The number of piperidine rings is 2. The highest BCUT2D eigenvalue weighted by atomic mass is 16.3. The summed E-state index contributed by atoms with van der Waals surface area (Å²) in [6.45, 7) is 7.93. The molecule has 0 spiro atoms. The standard InChI is InChI=1S/C17H30N6O/c1-17(2,13-24)21-14-18-15(22-9-5-3-6-10-22)20-16(19-14)23-11-7-4-8-12-23/h24H,3-13H2,1-2H3,(H,18,19,20,21). The molecular formula is C17H30N6O. The third kappa shape index (κ3) is 4.26. The van der Waals surface area contributed by atoms with Crippen molar-refractivity contribution in [3.8, 4) is 0 Å². The van der Waals surface area contributed by atoms with Gasteiger partial charge in [-0.1, -0.05) is 0 Å². The van der Waals surface area contributed by atoms with E-state index in [1.54, 1.807) is 0 Å². The molecule has 0 amide bonds. The molecule has 3 rings (SSSR count). The van der Waals surface area contributed by atoms with Gasteiger partial charge in [0.15, 0.2) is 0 Å². The van der Waals surface area contributed by atoms with E-state index in [0.717, 1.165) is 38.1 Å². The Morgan fingerprint density at radius 2 is 1.29 bits per heavy atom. The van der Waals surface area contributed by atoms with Crippen LogP contribution >= 0.6 is 0 Å². The summed E-state index contributed by atoms with van der Waals surface area (Å²) in [5, 5.41) is 12.8. The lowest BCUT2D eigenvalue weighted by molar-refractivity contribution is 0.233. The van der Waals surface area contributed by atoms with E-state index < -0.39 is 5.54 Å². The van der Waals surface area contributed by atoms with Gasteiger partial charge in [-0.2, -0.15) is 15.0 Å². The normalized spacial score (nSPS) is 19.5. The Labute approximate surface area is 144 Å². The monoisotopic (exact) mass is 334 g/mol. The number of hydrogen-bond donors (Lipinski definition) is 2. The molecule has 2 aliphatic heterocycles. The van der Waals surface area contributed by atoms with Crippen molar-refractivity contribution in [2.75, 3.05) is 47.9 Å². The Bertz CT molecular complexity index is 502. The van der Waals surface area contributed by atoms with Crippen molar-refractivity contribution >= 4 is 17.8 Å². The third-order valence-corrected chi connectivity index (χ3v) is 4.74. The van der Waals surface area contributed by atoms with Crippen molar-refractivity contribution in [1.82, 2.24) is 15.0 Å². The Balaban J connectivity index is 1.88. The van der Waals surface area contributed by atoms with Crippen LogP contribution in [-0.2, 0) is 0 Å². The van der Waals surface area contributed by atoms with Gasteiger partial charge >= 0.3 is 0 Å². The average Bonchev–Trinajstić information content (AvgIpc) is 2.62. The van der Waals surface area contributed by atoms with Gasteiger partial charge in [-0.05, 0) is 52.4 Å². The minimum absolute atomic E-state index is 0.0246. The number of rotatable bonds is 5. The van der Waals surface area contributed by atoms with E-state index in [4.69, 9.17) is 4.98 Å². The zero-order valence-corrected chi connectivity index (χ0v) is 15.0. The molecule has 2 saturated heterocycles. The molecule has 24 heavy (non-hydrogen) atoms. The Morgan fingerprint density at radius 3 is 1.71 bits per heavy atom. The van der Waals surface area contributed by atoms with Crippen LogP contribution in [0.1, 0.15) is 52.4 Å². The summed E-state index contributed by atoms with van der Waals surface area (Å²) >= 11 is 0. The summed E-state index contributed by atoms with van der Waals surface area (Å²) in [5.74, 6) is 2.09. The van der Waals surface area contributed by atoms with Crippen molar-refractivity contribution in [3.05, 3.63) is 0 Å². The first-order valence-electron chi connectivity index (χ1n) is 9.22. The van der Waals surface area contributed by atoms with Crippen LogP contribution < -0.4 is 15.1 Å². The van der Waals surface area contributed by atoms with Gasteiger partial charge in [0.1, 0.15) is 0 Å². The zero-order valence-electron chi connectivity index (χ0n) is 15.0. The van der Waals surface area contributed by atoms with Gasteiger partial charge in [-0.25, -0.2) is 0 Å². The van der Waals surface area contributed by atoms with Crippen LogP contribution in [0.15, 0.2) is 0 Å². The molecule has 1 aromatic rings. The van der Waals surface area contributed by atoms with Gasteiger partial charge in [0.25, 0.3) is 0 Å². The topological polar surface area (TPSA) is 77.4 Å². The second-order valence-electron chi connectivity index (χ2n) is 7.52. The zero-order chi connectivity index (χ0) is 17.0. The summed E-state index contributed by atoms with van der Waals surface area (Å²) in [6, 6.07) is 0. The van der Waals surface area contributed by atoms with Crippen LogP contribution in [-0.4, -0.2) is 58.4 Å². The second-order valence-corrected chi connectivity index (χ2v) is 7.52. The minimum Gasteiger partial charge on any atom is -0.394 e. The summed E-state index contributed by atoms with van der Waals surface area (Å²) in [5.41, 5.74) is -0.459. The number of anilines is 3. The molecule has 7 heteroatoms. The number of aliphatic hydroxyl groups excluding tert-OH is 1. The van der Waals surface area contributed by atoms with Crippen molar-refractivity contribution in [2.45, 2.75) is 57.9 Å². The highest BCUT2D eigenvalue weighted by Gasteiger charge is 2.23. The van der Waals surface area contributed by atoms with Gasteiger partial charge in [0, 0.05) is 26.2 Å². The van der Waals surface area contributed by atoms with E-state index in [9.17, 15) is 5.11 Å². The van der Waals surface area contributed by atoms with Crippen LogP contribution in [0.25, 0.3) is 0 Å². The molecule has 0 atom stereocenters. The van der Waals surface area contributed by atoms with E-state index >= 15 is 0 Å². The molecule has 0 radical (unpaired) electrons. The average molecular weight is 334 g/mol. The van der Waals surface area contributed by atoms with Crippen molar-refractivity contribution in [2.24, 2.45) is 0 Å². The number of nitrogens with one attached hydrogen (secondary N) is 1. The summed E-state index contributed by atoms with van der Waals surface area (Å²) in [7, 11) is 0. The fraction of sp³-hybridized carbons (Fsp3) is 0.824. The van der Waals surface area contributed by atoms with Gasteiger partial charge in [0.05, 0.1) is 12.1 Å². The molecule has 0 unspecified atom stereocenters. The first-order valence-corrected chi connectivity index (χ1v) is 9.22. The summed E-state index contributed by atoms with van der Waals surface area (Å²) in [6.07, 6.45) is 7.32. The molecule has 0 aromatic carbocycles. The van der Waals surface area contributed by atoms with Crippen LogP contribution in [0.5, 0.6) is 0 Å². The predicted octanol–water partition coefficient (Wildman–Crippen LogP) is 2.04. The number of aromatic nitrogens is 3. The maximum atomic E-state index is 9.54. The van der Waals surface area contributed by atoms with Gasteiger partial charge in [0.2, 0.25) is 17.8 Å². The molecule has 3 heterocycles. The second kappa shape index (κ2) is 7.51. The van der Waals surface area contributed by atoms with Gasteiger partial charge in [-0.15, -0.1) is 0 Å². The lowest BCUT2D eigenvalue weighted by atomic mass is 10.1. The maximum absolute atomic E-state index is 9.54. The lowest BCUT2D eigenvalue weighted by Gasteiger charge is -2.31. The van der Waals surface area contributed by atoms with Crippen LogP contribution in [0.2, 0.25) is 0 Å². The van der Waals surface area contributed by atoms with E-state index in [1.807, 2.05) is 13.8 Å². The molecule has 0 bridgehead atoms. The van der Waals surface area contributed by atoms with Gasteiger partial charge in [-0.3, -0.25) is 0 Å². The summed E-state index contributed by atoms with van der Waals surface area (Å²) in [4.78, 5) is 18.6. The minimum atomic E-state index is -0.459. The molecule has 1 aromatic heterocycles. The number of hydrogen-bond acceptors (Lipinski definition) is 7. The van der Waals surface area contributed by atoms with Crippen molar-refractivity contribution in [3.63, 3.8) is 0 Å². The molecule has 2 N–H and O–H groups in total. The fourth-order valence-electron chi connectivity index (χ4n) is 3.22. The van der Waals surface area contributed by atoms with Crippen molar-refractivity contribution in [1.29, 1.82) is 0 Å². The van der Waals surface area contributed by atoms with Crippen LogP contribution in [0.3, 0.4) is 0 Å². The Morgan fingerprint density at radius 1 is 0.833 bits per heavy atom. The quantitative estimate of drug-likeness (QED) is 0.853. The first-order chi connectivity index (χ1) is 11.6. The largest absolute Gasteiger partial charge is 0.394 e. The SMILES string of the molecule is CC(C)(CO)Nc1nc(N2CCCCC2)nc(N2CCCCC2)n1.